The summed E-state index contributed by atoms with van der Waals surface area (Å²) in [5, 5.41) is 20.2. The molecule has 0 aliphatic heterocycles. The standard InChI is InChI=1S/C20H16FN7O.C3H7N/c1-10-6-12-14(25-10)4-5-16(18(12)21)29-20-13(8-22)19(23-9-24-20)26-17-7-15(27-28-17)11-2-3-11;1-3(2)4/h4-7,9,11,25H,2-3H2,1H3,(H2,23,24,26,27,28);1,4H2,2H3. The molecule has 0 unspecified atom stereocenters. The molecule has 0 radical (unpaired) electrons. The van der Waals surface area contributed by atoms with Crippen LogP contribution in [0.5, 0.6) is 11.6 Å². The number of nitrogens with two attached hydrogens (primary N) is 1. The number of H-pyrrole nitrogens is 2. The van der Waals surface area contributed by atoms with Crippen LogP contribution in [0.2, 0.25) is 0 Å². The number of allylic oxidation sites excluding steroid dienone is 1. The summed E-state index contributed by atoms with van der Waals surface area (Å²) in [6.45, 7) is 6.93. The van der Waals surface area contributed by atoms with Crippen molar-refractivity contribution < 1.29 is 9.13 Å². The number of ether oxygens (including phenoxy) is 1. The molecular weight excluding hydrogens is 423 g/mol. The van der Waals surface area contributed by atoms with Gasteiger partial charge < -0.3 is 20.8 Å². The van der Waals surface area contributed by atoms with Crippen molar-refractivity contribution in [3.05, 3.63) is 65.6 Å². The Kier molecular flexibility index (Phi) is 5.95. The Bertz CT molecular complexity index is 1360. The molecule has 0 atom stereocenters. The van der Waals surface area contributed by atoms with Crippen LogP contribution in [-0.4, -0.2) is 25.1 Å². The summed E-state index contributed by atoms with van der Waals surface area (Å²) in [7, 11) is 0. The molecule has 9 nitrogen and oxygen atoms in total. The number of fused-ring (bicyclic) bond motifs is 1. The molecule has 0 spiro atoms. The van der Waals surface area contributed by atoms with Crippen molar-refractivity contribution in [2.24, 2.45) is 5.73 Å². The molecule has 1 aromatic carbocycles. The smallest absolute Gasteiger partial charge is 0.242 e. The molecule has 3 heterocycles. The number of hydrogen-bond donors (Lipinski definition) is 4. The predicted octanol–water partition coefficient (Wildman–Crippen LogP) is 4.89. The van der Waals surface area contributed by atoms with Crippen molar-refractivity contribution in [3.63, 3.8) is 0 Å². The maximum atomic E-state index is 14.8. The first-order valence-corrected chi connectivity index (χ1v) is 10.3. The van der Waals surface area contributed by atoms with E-state index < -0.39 is 5.82 Å². The van der Waals surface area contributed by atoms with Gasteiger partial charge in [0.05, 0.1) is 0 Å². The number of aromatic nitrogens is 5. The number of nitrogens with one attached hydrogen (secondary N) is 3. The molecule has 0 bridgehead atoms. The molecule has 10 heteroatoms. The van der Waals surface area contributed by atoms with E-state index in [1.54, 1.807) is 19.1 Å². The van der Waals surface area contributed by atoms with Gasteiger partial charge in [-0.05, 0) is 50.6 Å². The number of nitrogens with zero attached hydrogens (tertiary/aromatic N) is 4. The Morgan fingerprint density at radius 2 is 2.09 bits per heavy atom. The number of rotatable bonds is 5. The summed E-state index contributed by atoms with van der Waals surface area (Å²) < 4.78 is 20.5. The molecular formula is C23H23FN8O. The Balaban J connectivity index is 0.000000601. The fourth-order valence-corrected chi connectivity index (χ4v) is 3.24. The van der Waals surface area contributed by atoms with Crippen molar-refractivity contribution in [1.82, 2.24) is 25.1 Å². The Morgan fingerprint density at radius 1 is 1.33 bits per heavy atom. The molecule has 0 saturated heterocycles. The van der Waals surface area contributed by atoms with Crippen molar-refractivity contribution in [3.8, 4) is 17.7 Å². The van der Waals surface area contributed by atoms with E-state index >= 15 is 0 Å². The molecule has 1 saturated carbocycles. The minimum absolute atomic E-state index is 0.0200. The van der Waals surface area contributed by atoms with Gasteiger partial charge in [0, 0.05) is 34.3 Å². The largest absolute Gasteiger partial charge is 0.434 e. The van der Waals surface area contributed by atoms with Gasteiger partial charge in [0.1, 0.15) is 12.4 Å². The van der Waals surface area contributed by atoms with Crippen molar-refractivity contribution in [2.75, 3.05) is 5.32 Å². The maximum Gasteiger partial charge on any atom is 0.242 e. The van der Waals surface area contributed by atoms with Crippen LogP contribution < -0.4 is 15.8 Å². The number of halogens is 1. The van der Waals surface area contributed by atoms with E-state index in [9.17, 15) is 9.65 Å². The third kappa shape index (κ3) is 4.93. The molecule has 5 rings (SSSR count). The quantitative estimate of drug-likeness (QED) is 0.342. The van der Waals surface area contributed by atoms with Gasteiger partial charge >= 0.3 is 0 Å². The van der Waals surface area contributed by atoms with E-state index in [-0.39, 0.29) is 23.0 Å². The highest BCUT2D eigenvalue weighted by molar-refractivity contribution is 5.83. The maximum absolute atomic E-state index is 14.8. The van der Waals surface area contributed by atoms with Gasteiger partial charge in [-0.15, -0.1) is 0 Å². The van der Waals surface area contributed by atoms with Gasteiger partial charge in [-0.3, -0.25) is 5.10 Å². The lowest BCUT2D eigenvalue weighted by molar-refractivity contribution is 0.428. The summed E-state index contributed by atoms with van der Waals surface area (Å²) >= 11 is 0. The summed E-state index contributed by atoms with van der Waals surface area (Å²) in [6, 6.07) is 8.84. The van der Waals surface area contributed by atoms with E-state index in [1.165, 1.54) is 12.4 Å². The lowest BCUT2D eigenvalue weighted by Crippen LogP contribution is -2.02. The Morgan fingerprint density at radius 3 is 2.79 bits per heavy atom. The van der Waals surface area contributed by atoms with E-state index in [2.05, 4.69) is 37.0 Å². The summed E-state index contributed by atoms with van der Waals surface area (Å²) in [5.74, 6) is 0.730. The second-order valence-electron chi connectivity index (χ2n) is 7.86. The fourth-order valence-electron chi connectivity index (χ4n) is 3.24. The van der Waals surface area contributed by atoms with E-state index in [0.717, 1.165) is 24.2 Å². The minimum Gasteiger partial charge on any atom is -0.434 e. The average Bonchev–Trinajstić information content (AvgIpc) is 3.39. The van der Waals surface area contributed by atoms with Crippen LogP contribution >= 0.6 is 0 Å². The van der Waals surface area contributed by atoms with Crippen LogP contribution in [0.15, 0.2) is 42.9 Å². The van der Waals surface area contributed by atoms with Gasteiger partial charge in [-0.1, -0.05) is 6.58 Å². The van der Waals surface area contributed by atoms with Gasteiger partial charge in [0.25, 0.3) is 0 Å². The summed E-state index contributed by atoms with van der Waals surface area (Å²) in [6.07, 6.45) is 3.55. The molecule has 3 aromatic heterocycles. The molecule has 1 fully saturated rings. The zero-order valence-corrected chi connectivity index (χ0v) is 18.2. The second kappa shape index (κ2) is 9.00. The monoisotopic (exact) mass is 446 g/mol. The lowest BCUT2D eigenvalue weighted by atomic mass is 10.2. The van der Waals surface area contributed by atoms with Crippen LogP contribution in [0.3, 0.4) is 0 Å². The van der Waals surface area contributed by atoms with E-state index in [1.807, 2.05) is 19.1 Å². The highest BCUT2D eigenvalue weighted by Crippen LogP contribution is 2.40. The molecule has 33 heavy (non-hydrogen) atoms. The number of anilines is 2. The summed E-state index contributed by atoms with van der Waals surface area (Å²) in [4.78, 5) is 11.2. The fraction of sp³-hybridized carbons (Fsp3) is 0.217. The van der Waals surface area contributed by atoms with Crippen molar-refractivity contribution >= 4 is 22.5 Å². The number of benzene rings is 1. The van der Waals surface area contributed by atoms with Gasteiger partial charge in [0.15, 0.2) is 28.8 Å². The normalized spacial score (nSPS) is 12.5. The topological polar surface area (TPSA) is 141 Å². The van der Waals surface area contributed by atoms with Crippen LogP contribution in [0, 0.1) is 24.1 Å². The molecule has 1 aliphatic rings. The first-order valence-electron chi connectivity index (χ1n) is 10.3. The third-order valence-electron chi connectivity index (χ3n) is 4.83. The van der Waals surface area contributed by atoms with E-state index in [0.29, 0.717) is 28.3 Å². The molecule has 4 aromatic rings. The van der Waals surface area contributed by atoms with Crippen LogP contribution in [0.25, 0.3) is 10.9 Å². The average molecular weight is 446 g/mol. The van der Waals surface area contributed by atoms with E-state index in [4.69, 9.17) is 10.5 Å². The van der Waals surface area contributed by atoms with Crippen molar-refractivity contribution in [1.29, 1.82) is 5.26 Å². The van der Waals surface area contributed by atoms with Crippen LogP contribution in [0.4, 0.5) is 16.0 Å². The zero-order chi connectivity index (χ0) is 23.5. The van der Waals surface area contributed by atoms with Crippen LogP contribution in [0.1, 0.15) is 42.6 Å². The molecule has 0 amide bonds. The second-order valence-corrected chi connectivity index (χ2v) is 7.86. The number of aromatic amines is 2. The van der Waals surface area contributed by atoms with Crippen molar-refractivity contribution in [2.45, 2.75) is 32.6 Å². The third-order valence-corrected chi connectivity index (χ3v) is 4.83. The molecule has 1 aliphatic carbocycles. The highest BCUT2D eigenvalue weighted by Gasteiger charge is 2.26. The van der Waals surface area contributed by atoms with Gasteiger partial charge in [0.2, 0.25) is 5.88 Å². The minimum atomic E-state index is -0.523. The highest BCUT2D eigenvalue weighted by atomic mass is 19.1. The summed E-state index contributed by atoms with van der Waals surface area (Å²) in [5.41, 5.74) is 8.21. The molecule has 5 N–H and O–H groups in total. The Hall–Kier alpha value is -4.39. The van der Waals surface area contributed by atoms with Gasteiger partial charge in [-0.25, -0.2) is 14.4 Å². The first-order chi connectivity index (χ1) is 15.9. The SMILES string of the molecule is C=C(C)N.Cc1cc2c(F)c(Oc3ncnc(Nc4cc(C5CC5)[nH]n4)c3C#N)ccc2[nH]1. The molecule has 168 valence electrons. The predicted molar refractivity (Wildman–Crippen MR) is 123 cm³/mol. The van der Waals surface area contributed by atoms with Gasteiger partial charge in [-0.2, -0.15) is 10.4 Å². The number of hydrogen-bond acceptors (Lipinski definition) is 7. The number of aryl methyl sites for hydroxylation is 1. The number of nitriles is 1. The zero-order valence-electron chi connectivity index (χ0n) is 18.2. The van der Waals surface area contributed by atoms with Crippen LogP contribution in [-0.2, 0) is 0 Å². The lowest BCUT2D eigenvalue weighted by Gasteiger charge is -2.10. The Labute approximate surface area is 189 Å². The first kappa shape index (κ1) is 21.8.